The van der Waals surface area contributed by atoms with Gasteiger partial charge in [-0.2, -0.15) is 0 Å². The highest BCUT2D eigenvalue weighted by Crippen LogP contribution is 2.10. The topological polar surface area (TPSA) is 115 Å². The van der Waals surface area contributed by atoms with Gasteiger partial charge in [0.05, 0.1) is 17.3 Å². The Hall–Kier alpha value is -2.48. The van der Waals surface area contributed by atoms with Gasteiger partial charge in [-0.05, 0) is 17.7 Å². The summed E-state index contributed by atoms with van der Waals surface area (Å²) in [5, 5.41) is 2.65. The lowest BCUT2D eigenvalue weighted by atomic mass is 10.2. The van der Waals surface area contributed by atoms with E-state index in [4.69, 9.17) is 5.73 Å². The average molecular weight is 306 g/mol. The lowest BCUT2D eigenvalue weighted by molar-refractivity contribution is 0.0945. The van der Waals surface area contributed by atoms with Crippen LogP contribution in [0.3, 0.4) is 0 Å². The van der Waals surface area contributed by atoms with Crippen LogP contribution in [0.25, 0.3) is 0 Å². The molecule has 0 saturated heterocycles. The number of benzene rings is 1. The summed E-state index contributed by atoms with van der Waals surface area (Å²) in [4.78, 5) is 19.7. The summed E-state index contributed by atoms with van der Waals surface area (Å²) in [6.45, 7) is 0.249. The highest BCUT2D eigenvalue weighted by molar-refractivity contribution is 7.90. The Labute approximate surface area is 122 Å². The molecule has 0 bridgehead atoms. The van der Waals surface area contributed by atoms with E-state index in [1.54, 1.807) is 12.1 Å². The van der Waals surface area contributed by atoms with Gasteiger partial charge in [0, 0.05) is 12.8 Å². The molecule has 2 aromatic rings. The SMILES string of the molecule is CS(=O)(=O)c1ccc(CNC(=O)c2cncc(N)n2)cc1. The van der Waals surface area contributed by atoms with Crippen molar-refractivity contribution in [3.8, 4) is 0 Å². The lowest BCUT2D eigenvalue weighted by Gasteiger charge is -2.06. The summed E-state index contributed by atoms with van der Waals surface area (Å²) in [5.41, 5.74) is 6.35. The molecule has 3 N–H and O–H groups in total. The second kappa shape index (κ2) is 5.88. The molecule has 7 nitrogen and oxygen atoms in total. The summed E-state index contributed by atoms with van der Waals surface area (Å²) >= 11 is 0. The zero-order valence-electron chi connectivity index (χ0n) is 11.3. The van der Waals surface area contributed by atoms with Crippen molar-refractivity contribution in [2.24, 2.45) is 0 Å². The molecular weight excluding hydrogens is 292 g/mol. The van der Waals surface area contributed by atoms with Crippen LogP contribution in [0.4, 0.5) is 5.82 Å². The van der Waals surface area contributed by atoms with E-state index in [1.165, 1.54) is 24.5 Å². The summed E-state index contributed by atoms with van der Waals surface area (Å²) < 4.78 is 22.7. The fourth-order valence-electron chi connectivity index (χ4n) is 1.62. The molecule has 8 heteroatoms. The van der Waals surface area contributed by atoms with Crippen LogP contribution in [-0.2, 0) is 16.4 Å². The predicted octanol–water partition coefficient (Wildman–Crippen LogP) is 0.392. The molecule has 0 saturated carbocycles. The number of rotatable bonds is 4. The van der Waals surface area contributed by atoms with Crippen molar-refractivity contribution >= 4 is 21.6 Å². The molecule has 0 aliphatic carbocycles. The lowest BCUT2D eigenvalue weighted by Crippen LogP contribution is -2.24. The number of hydrogen-bond acceptors (Lipinski definition) is 6. The highest BCUT2D eigenvalue weighted by Gasteiger charge is 2.09. The summed E-state index contributed by atoms with van der Waals surface area (Å²) in [6.07, 6.45) is 3.81. The maximum atomic E-state index is 11.8. The molecule has 0 unspecified atom stereocenters. The molecule has 0 atom stereocenters. The Morgan fingerprint density at radius 3 is 2.48 bits per heavy atom. The average Bonchev–Trinajstić information content (AvgIpc) is 2.44. The molecule has 1 heterocycles. The summed E-state index contributed by atoms with van der Waals surface area (Å²) in [5.74, 6) is -0.234. The van der Waals surface area contributed by atoms with Gasteiger partial charge in [-0.3, -0.25) is 9.78 Å². The van der Waals surface area contributed by atoms with Crippen molar-refractivity contribution in [2.45, 2.75) is 11.4 Å². The van der Waals surface area contributed by atoms with Crippen LogP contribution < -0.4 is 11.1 Å². The maximum Gasteiger partial charge on any atom is 0.271 e. The largest absolute Gasteiger partial charge is 0.382 e. The standard InChI is InChI=1S/C13H14N4O3S/c1-21(19,20)10-4-2-9(3-5-10)6-16-13(18)11-7-15-8-12(14)17-11/h2-5,7-8H,6H2,1H3,(H2,14,17)(H,16,18). The summed E-state index contributed by atoms with van der Waals surface area (Å²) in [6, 6.07) is 6.28. The van der Waals surface area contributed by atoms with Crippen molar-refractivity contribution < 1.29 is 13.2 Å². The number of anilines is 1. The van der Waals surface area contributed by atoms with Gasteiger partial charge in [-0.1, -0.05) is 12.1 Å². The fraction of sp³-hybridized carbons (Fsp3) is 0.154. The Kier molecular flexibility index (Phi) is 4.18. The highest BCUT2D eigenvalue weighted by atomic mass is 32.2. The molecule has 0 aliphatic heterocycles. The van der Waals surface area contributed by atoms with Crippen molar-refractivity contribution in [2.75, 3.05) is 12.0 Å². The van der Waals surface area contributed by atoms with Gasteiger partial charge in [0.1, 0.15) is 11.5 Å². The van der Waals surface area contributed by atoms with Gasteiger partial charge in [-0.15, -0.1) is 0 Å². The Bertz CT molecular complexity index is 757. The van der Waals surface area contributed by atoms with Crippen LogP contribution in [0.2, 0.25) is 0 Å². The number of nitrogens with zero attached hydrogens (tertiary/aromatic N) is 2. The number of nitrogen functional groups attached to an aromatic ring is 1. The third kappa shape index (κ3) is 3.99. The molecule has 0 fully saturated rings. The van der Waals surface area contributed by atoms with Crippen molar-refractivity contribution in [3.05, 3.63) is 47.9 Å². The van der Waals surface area contributed by atoms with Crippen LogP contribution in [0, 0.1) is 0 Å². The molecule has 0 spiro atoms. The third-order valence-electron chi connectivity index (χ3n) is 2.69. The molecular formula is C13H14N4O3S. The number of nitrogens with two attached hydrogens (primary N) is 1. The second-order valence-corrected chi connectivity index (χ2v) is 6.44. The van der Waals surface area contributed by atoms with E-state index in [9.17, 15) is 13.2 Å². The number of aromatic nitrogens is 2. The number of carbonyl (C=O) groups excluding carboxylic acids is 1. The first-order valence-electron chi connectivity index (χ1n) is 6.01. The zero-order valence-corrected chi connectivity index (χ0v) is 12.1. The number of amides is 1. The molecule has 0 aliphatic rings. The van der Waals surface area contributed by atoms with Gasteiger partial charge in [-0.25, -0.2) is 13.4 Å². The van der Waals surface area contributed by atoms with Crippen molar-refractivity contribution in [1.82, 2.24) is 15.3 Å². The number of sulfone groups is 1. The van der Waals surface area contributed by atoms with E-state index in [2.05, 4.69) is 15.3 Å². The molecule has 21 heavy (non-hydrogen) atoms. The van der Waals surface area contributed by atoms with Crippen molar-refractivity contribution in [3.63, 3.8) is 0 Å². The molecule has 1 aromatic carbocycles. The maximum absolute atomic E-state index is 11.8. The molecule has 1 aromatic heterocycles. The molecule has 2 rings (SSSR count). The molecule has 0 radical (unpaired) electrons. The quantitative estimate of drug-likeness (QED) is 0.844. The van der Waals surface area contributed by atoms with Gasteiger partial charge in [0.15, 0.2) is 9.84 Å². The Morgan fingerprint density at radius 2 is 1.90 bits per heavy atom. The van der Waals surface area contributed by atoms with Gasteiger partial charge in [0.2, 0.25) is 0 Å². The van der Waals surface area contributed by atoms with E-state index < -0.39 is 15.7 Å². The van der Waals surface area contributed by atoms with Crippen molar-refractivity contribution in [1.29, 1.82) is 0 Å². The monoisotopic (exact) mass is 306 g/mol. The number of carbonyl (C=O) groups is 1. The minimum atomic E-state index is -3.22. The fourth-order valence-corrected chi connectivity index (χ4v) is 2.25. The first-order valence-corrected chi connectivity index (χ1v) is 7.90. The van der Waals surface area contributed by atoms with E-state index in [0.29, 0.717) is 0 Å². The summed E-state index contributed by atoms with van der Waals surface area (Å²) in [7, 11) is -3.22. The van der Waals surface area contributed by atoms with Crippen LogP contribution in [0.1, 0.15) is 16.1 Å². The van der Waals surface area contributed by atoms with Crippen LogP contribution in [0.5, 0.6) is 0 Å². The van der Waals surface area contributed by atoms with Crippen LogP contribution in [-0.4, -0.2) is 30.5 Å². The van der Waals surface area contributed by atoms with E-state index >= 15 is 0 Å². The number of nitrogens with one attached hydrogen (secondary N) is 1. The number of hydrogen-bond donors (Lipinski definition) is 2. The first kappa shape index (κ1) is 14.9. The zero-order chi connectivity index (χ0) is 15.5. The van der Waals surface area contributed by atoms with Crippen LogP contribution in [0.15, 0.2) is 41.6 Å². The van der Waals surface area contributed by atoms with Gasteiger partial charge >= 0.3 is 0 Å². The van der Waals surface area contributed by atoms with E-state index in [1.807, 2.05) is 0 Å². The van der Waals surface area contributed by atoms with E-state index in [-0.39, 0.29) is 23.0 Å². The first-order chi connectivity index (χ1) is 9.86. The Morgan fingerprint density at radius 1 is 1.24 bits per heavy atom. The Balaban J connectivity index is 2.02. The predicted molar refractivity (Wildman–Crippen MR) is 77.2 cm³/mol. The second-order valence-electron chi connectivity index (χ2n) is 4.43. The third-order valence-corrected chi connectivity index (χ3v) is 3.82. The molecule has 110 valence electrons. The smallest absolute Gasteiger partial charge is 0.271 e. The minimum absolute atomic E-state index is 0.128. The van der Waals surface area contributed by atoms with Gasteiger partial charge in [0.25, 0.3) is 5.91 Å². The van der Waals surface area contributed by atoms with E-state index in [0.717, 1.165) is 11.8 Å². The normalized spacial score (nSPS) is 11.1. The van der Waals surface area contributed by atoms with Gasteiger partial charge < -0.3 is 11.1 Å². The minimum Gasteiger partial charge on any atom is -0.382 e. The molecule has 1 amide bonds. The van der Waals surface area contributed by atoms with Crippen LogP contribution >= 0.6 is 0 Å².